The van der Waals surface area contributed by atoms with Crippen LogP contribution in [0.5, 0.6) is 0 Å². The number of carbonyl (C=O) groups excluding carboxylic acids is 2. The Morgan fingerprint density at radius 3 is 2.30 bits per heavy atom. The van der Waals surface area contributed by atoms with Crippen LogP contribution in [-0.4, -0.2) is 31.8 Å². The number of anilines is 1. The number of aryl methyl sites for hydroxylation is 2. The minimum absolute atomic E-state index is 0.109. The summed E-state index contributed by atoms with van der Waals surface area (Å²) in [6.07, 6.45) is 2.99. The van der Waals surface area contributed by atoms with E-state index in [1.165, 1.54) is 5.56 Å². The lowest BCUT2D eigenvalue weighted by atomic mass is 10.0. The SMILES string of the molecule is CCCCNC(=O)C(C(C)C)N(C)c1ccc(C)c(Br)c1.Cc1ccccc1C=O. The maximum absolute atomic E-state index is 12.5. The number of hydrogen-bond donors (Lipinski definition) is 1. The van der Waals surface area contributed by atoms with Crippen LogP contribution in [0.3, 0.4) is 0 Å². The molecule has 2 aromatic rings. The molecule has 0 aromatic heterocycles. The van der Waals surface area contributed by atoms with Crippen molar-refractivity contribution in [2.24, 2.45) is 5.92 Å². The van der Waals surface area contributed by atoms with E-state index in [1.54, 1.807) is 0 Å². The molecule has 0 saturated carbocycles. The highest BCUT2D eigenvalue weighted by molar-refractivity contribution is 9.10. The molecule has 0 fully saturated rings. The standard InChI is InChI=1S/C17H27BrN2O.C8H8O/c1-6-7-10-19-17(21)16(12(2)3)20(5)14-9-8-13(4)15(18)11-14;1-7-4-2-3-5-8(7)6-9/h8-9,11-12,16H,6-7,10H2,1-5H3,(H,19,21);2-6H,1H3. The Hall–Kier alpha value is -2.14. The Balaban J connectivity index is 0.000000414. The quantitative estimate of drug-likeness (QED) is 0.380. The molecule has 0 bridgehead atoms. The number of likely N-dealkylation sites (N-methyl/N-ethyl adjacent to an activating group) is 1. The fourth-order valence-electron chi connectivity index (χ4n) is 3.10. The first kappa shape index (κ1) is 25.9. The lowest BCUT2D eigenvalue weighted by Crippen LogP contribution is -2.48. The molecule has 2 aromatic carbocycles. The second kappa shape index (κ2) is 13.2. The summed E-state index contributed by atoms with van der Waals surface area (Å²) in [5.74, 6) is 0.356. The Morgan fingerprint density at radius 2 is 1.80 bits per heavy atom. The molecule has 1 atom stereocenters. The highest BCUT2D eigenvalue weighted by atomic mass is 79.9. The summed E-state index contributed by atoms with van der Waals surface area (Å²) < 4.78 is 1.07. The molecule has 2 rings (SSSR count). The topological polar surface area (TPSA) is 49.4 Å². The van der Waals surface area contributed by atoms with Crippen LogP contribution < -0.4 is 10.2 Å². The van der Waals surface area contributed by atoms with Crippen LogP contribution in [0, 0.1) is 19.8 Å². The van der Waals surface area contributed by atoms with E-state index in [0.717, 1.165) is 47.0 Å². The van der Waals surface area contributed by atoms with Gasteiger partial charge in [0, 0.05) is 29.3 Å². The van der Waals surface area contributed by atoms with Crippen LogP contribution in [-0.2, 0) is 4.79 Å². The van der Waals surface area contributed by atoms with E-state index in [9.17, 15) is 9.59 Å². The van der Waals surface area contributed by atoms with Crippen LogP contribution >= 0.6 is 15.9 Å². The average Bonchev–Trinajstić information content (AvgIpc) is 2.71. The van der Waals surface area contributed by atoms with Gasteiger partial charge in [0.2, 0.25) is 5.91 Å². The fraction of sp³-hybridized carbons (Fsp3) is 0.440. The van der Waals surface area contributed by atoms with Gasteiger partial charge in [0.25, 0.3) is 0 Å². The Labute approximate surface area is 190 Å². The Morgan fingerprint density at radius 1 is 1.13 bits per heavy atom. The van der Waals surface area contributed by atoms with E-state index >= 15 is 0 Å². The summed E-state index contributed by atoms with van der Waals surface area (Å²) in [5, 5.41) is 3.05. The summed E-state index contributed by atoms with van der Waals surface area (Å²) in [6.45, 7) is 11.0. The molecular formula is C25H35BrN2O2. The van der Waals surface area contributed by atoms with Gasteiger partial charge in [-0.05, 0) is 49.4 Å². The second-order valence-corrected chi connectivity index (χ2v) is 8.71. The van der Waals surface area contributed by atoms with E-state index in [0.29, 0.717) is 0 Å². The van der Waals surface area contributed by atoms with E-state index < -0.39 is 0 Å². The van der Waals surface area contributed by atoms with Crippen LogP contribution in [0.1, 0.15) is 55.1 Å². The third-order valence-corrected chi connectivity index (χ3v) is 5.88. The molecule has 5 heteroatoms. The molecule has 0 radical (unpaired) electrons. The lowest BCUT2D eigenvalue weighted by Gasteiger charge is -2.32. The van der Waals surface area contributed by atoms with Crippen LogP contribution in [0.4, 0.5) is 5.69 Å². The maximum Gasteiger partial charge on any atom is 0.242 e. The Bertz CT molecular complexity index is 821. The third-order valence-electron chi connectivity index (χ3n) is 5.03. The number of rotatable bonds is 8. The summed E-state index contributed by atoms with van der Waals surface area (Å²) >= 11 is 3.56. The molecule has 1 N–H and O–H groups in total. The van der Waals surface area contributed by atoms with Crippen molar-refractivity contribution in [2.45, 2.75) is 53.5 Å². The average molecular weight is 475 g/mol. The summed E-state index contributed by atoms with van der Waals surface area (Å²) in [7, 11) is 1.99. The molecule has 164 valence electrons. The molecule has 0 aliphatic heterocycles. The van der Waals surface area contributed by atoms with Gasteiger partial charge in [-0.3, -0.25) is 9.59 Å². The van der Waals surface area contributed by atoms with Gasteiger partial charge in [0.05, 0.1) is 0 Å². The van der Waals surface area contributed by atoms with Crippen LogP contribution in [0.2, 0.25) is 0 Å². The molecule has 0 spiro atoms. The van der Waals surface area contributed by atoms with Crippen molar-refractivity contribution in [3.8, 4) is 0 Å². The number of carbonyl (C=O) groups is 2. The van der Waals surface area contributed by atoms with Crippen molar-refractivity contribution in [1.82, 2.24) is 5.32 Å². The van der Waals surface area contributed by atoms with Gasteiger partial charge < -0.3 is 10.2 Å². The van der Waals surface area contributed by atoms with E-state index in [2.05, 4.69) is 72.0 Å². The first-order valence-electron chi connectivity index (χ1n) is 10.5. The highest BCUT2D eigenvalue weighted by Crippen LogP contribution is 2.25. The lowest BCUT2D eigenvalue weighted by molar-refractivity contribution is -0.123. The number of aldehydes is 1. The largest absolute Gasteiger partial charge is 0.362 e. The highest BCUT2D eigenvalue weighted by Gasteiger charge is 2.26. The van der Waals surface area contributed by atoms with E-state index in [-0.39, 0.29) is 17.9 Å². The van der Waals surface area contributed by atoms with Gasteiger partial charge >= 0.3 is 0 Å². The van der Waals surface area contributed by atoms with Crippen molar-refractivity contribution < 1.29 is 9.59 Å². The van der Waals surface area contributed by atoms with Crippen molar-refractivity contribution in [2.75, 3.05) is 18.5 Å². The molecule has 0 aliphatic carbocycles. The normalized spacial score (nSPS) is 11.3. The van der Waals surface area contributed by atoms with Gasteiger partial charge in [0.15, 0.2) is 0 Å². The minimum atomic E-state index is -0.156. The predicted molar refractivity (Wildman–Crippen MR) is 130 cm³/mol. The monoisotopic (exact) mass is 474 g/mol. The summed E-state index contributed by atoms with van der Waals surface area (Å²) in [4.78, 5) is 24.8. The summed E-state index contributed by atoms with van der Waals surface area (Å²) in [5.41, 5.74) is 4.06. The van der Waals surface area contributed by atoms with Gasteiger partial charge in [-0.15, -0.1) is 0 Å². The van der Waals surface area contributed by atoms with Crippen molar-refractivity contribution in [3.05, 3.63) is 63.6 Å². The fourth-order valence-corrected chi connectivity index (χ4v) is 3.47. The smallest absolute Gasteiger partial charge is 0.242 e. The molecule has 1 unspecified atom stereocenters. The number of benzene rings is 2. The molecule has 0 heterocycles. The zero-order valence-electron chi connectivity index (χ0n) is 19.0. The number of halogens is 1. The van der Waals surface area contributed by atoms with Gasteiger partial charge in [0.1, 0.15) is 12.3 Å². The third kappa shape index (κ3) is 7.94. The summed E-state index contributed by atoms with van der Waals surface area (Å²) in [6, 6.07) is 13.6. The molecule has 4 nitrogen and oxygen atoms in total. The van der Waals surface area contributed by atoms with Gasteiger partial charge in [-0.1, -0.05) is 73.5 Å². The first-order chi connectivity index (χ1) is 14.2. The molecule has 30 heavy (non-hydrogen) atoms. The zero-order valence-corrected chi connectivity index (χ0v) is 20.6. The van der Waals surface area contributed by atoms with Gasteiger partial charge in [-0.25, -0.2) is 0 Å². The number of amides is 1. The predicted octanol–water partition coefficient (Wildman–Crippen LogP) is 5.94. The second-order valence-electron chi connectivity index (χ2n) is 7.85. The van der Waals surface area contributed by atoms with Gasteiger partial charge in [-0.2, -0.15) is 0 Å². The van der Waals surface area contributed by atoms with E-state index in [1.807, 2.05) is 38.2 Å². The maximum atomic E-state index is 12.5. The number of unbranched alkanes of at least 4 members (excludes halogenated alkanes) is 1. The minimum Gasteiger partial charge on any atom is -0.362 e. The van der Waals surface area contributed by atoms with Crippen molar-refractivity contribution in [1.29, 1.82) is 0 Å². The van der Waals surface area contributed by atoms with Crippen LogP contribution in [0.25, 0.3) is 0 Å². The molecule has 1 amide bonds. The molecular weight excluding hydrogens is 440 g/mol. The number of nitrogens with one attached hydrogen (secondary N) is 1. The van der Waals surface area contributed by atoms with Crippen LogP contribution in [0.15, 0.2) is 46.9 Å². The Kier molecular flexibility index (Phi) is 11.4. The number of hydrogen-bond acceptors (Lipinski definition) is 3. The molecule has 0 saturated heterocycles. The van der Waals surface area contributed by atoms with E-state index in [4.69, 9.17) is 0 Å². The molecule has 0 aliphatic rings. The van der Waals surface area contributed by atoms with Crippen molar-refractivity contribution in [3.63, 3.8) is 0 Å². The number of nitrogens with zero attached hydrogens (tertiary/aromatic N) is 1. The zero-order chi connectivity index (χ0) is 22.7. The van der Waals surface area contributed by atoms with Crippen molar-refractivity contribution >= 4 is 33.8 Å². The first-order valence-corrected chi connectivity index (χ1v) is 11.3.